The summed E-state index contributed by atoms with van der Waals surface area (Å²) in [5.74, 6) is 1.30. The lowest BCUT2D eigenvalue weighted by Gasteiger charge is -2.17. The van der Waals surface area contributed by atoms with Gasteiger partial charge in [-0.25, -0.2) is 4.79 Å². The van der Waals surface area contributed by atoms with E-state index < -0.39 is 0 Å². The second-order valence-corrected chi connectivity index (χ2v) is 7.20. The molecule has 2 amide bonds. The quantitative estimate of drug-likeness (QED) is 0.703. The SMILES string of the molecule is CC(C)c1cccc(OCCNC(=O)Nc2ccc(N3CCCC3)cc2)c1. The molecule has 144 valence electrons. The van der Waals surface area contributed by atoms with Crippen LogP contribution in [-0.2, 0) is 0 Å². The van der Waals surface area contributed by atoms with Crippen molar-refractivity contribution < 1.29 is 9.53 Å². The van der Waals surface area contributed by atoms with E-state index in [1.165, 1.54) is 24.1 Å². The number of benzene rings is 2. The summed E-state index contributed by atoms with van der Waals surface area (Å²) in [6.07, 6.45) is 2.51. The van der Waals surface area contributed by atoms with E-state index in [0.717, 1.165) is 24.5 Å². The Morgan fingerprint density at radius 3 is 2.56 bits per heavy atom. The lowest BCUT2D eigenvalue weighted by Crippen LogP contribution is -2.32. The Morgan fingerprint density at radius 1 is 1.11 bits per heavy atom. The molecule has 0 radical (unpaired) electrons. The Balaban J connectivity index is 1.39. The topological polar surface area (TPSA) is 53.6 Å². The molecule has 0 atom stereocenters. The van der Waals surface area contributed by atoms with Crippen LogP contribution in [-0.4, -0.2) is 32.3 Å². The molecule has 0 bridgehead atoms. The standard InChI is InChI=1S/C22H29N3O2/c1-17(2)18-6-5-7-21(16-18)27-15-12-23-22(26)24-19-8-10-20(11-9-19)25-13-3-4-14-25/h5-11,16-17H,3-4,12-15H2,1-2H3,(H2,23,24,26). The third-order valence-corrected chi connectivity index (χ3v) is 4.78. The van der Waals surface area contributed by atoms with E-state index in [-0.39, 0.29) is 6.03 Å². The number of anilines is 2. The van der Waals surface area contributed by atoms with Crippen molar-refractivity contribution in [2.24, 2.45) is 0 Å². The maximum atomic E-state index is 12.0. The first-order valence-electron chi connectivity index (χ1n) is 9.74. The largest absolute Gasteiger partial charge is 0.492 e. The van der Waals surface area contributed by atoms with Crippen LogP contribution in [0.15, 0.2) is 48.5 Å². The molecule has 1 fully saturated rings. The van der Waals surface area contributed by atoms with E-state index in [0.29, 0.717) is 19.1 Å². The van der Waals surface area contributed by atoms with Gasteiger partial charge in [-0.2, -0.15) is 0 Å². The number of ether oxygens (including phenoxy) is 1. The fraction of sp³-hybridized carbons (Fsp3) is 0.409. The molecule has 2 N–H and O–H groups in total. The molecule has 0 saturated carbocycles. The molecule has 3 rings (SSSR count). The lowest BCUT2D eigenvalue weighted by molar-refractivity contribution is 0.247. The van der Waals surface area contributed by atoms with Gasteiger partial charge in [0.2, 0.25) is 0 Å². The summed E-state index contributed by atoms with van der Waals surface area (Å²) >= 11 is 0. The smallest absolute Gasteiger partial charge is 0.319 e. The summed E-state index contributed by atoms with van der Waals surface area (Å²) in [4.78, 5) is 14.4. The average molecular weight is 367 g/mol. The molecule has 2 aromatic rings. The van der Waals surface area contributed by atoms with Gasteiger partial charge in [0.1, 0.15) is 12.4 Å². The van der Waals surface area contributed by atoms with Gasteiger partial charge in [-0.1, -0.05) is 26.0 Å². The van der Waals surface area contributed by atoms with Crippen molar-refractivity contribution in [2.45, 2.75) is 32.6 Å². The second kappa shape index (κ2) is 9.31. The van der Waals surface area contributed by atoms with Crippen molar-refractivity contribution in [1.82, 2.24) is 5.32 Å². The molecule has 5 nitrogen and oxygen atoms in total. The summed E-state index contributed by atoms with van der Waals surface area (Å²) in [6, 6.07) is 15.9. The predicted molar refractivity (Wildman–Crippen MR) is 111 cm³/mol. The van der Waals surface area contributed by atoms with Crippen molar-refractivity contribution in [1.29, 1.82) is 0 Å². The molecule has 5 heteroatoms. The molecule has 1 aliphatic rings. The molecular formula is C22H29N3O2. The number of rotatable bonds is 7. The number of hydrogen-bond acceptors (Lipinski definition) is 3. The maximum Gasteiger partial charge on any atom is 0.319 e. The Hall–Kier alpha value is -2.69. The van der Waals surface area contributed by atoms with Crippen molar-refractivity contribution in [3.8, 4) is 5.75 Å². The third-order valence-electron chi connectivity index (χ3n) is 4.78. The second-order valence-electron chi connectivity index (χ2n) is 7.20. The highest BCUT2D eigenvalue weighted by molar-refractivity contribution is 5.89. The van der Waals surface area contributed by atoms with Gasteiger partial charge in [-0.3, -0.25) is 0 Å². The molecule has 0 spiro atoms. The van der Waals surface area contributed by atoms with Crippen LogP contribution < -0.4 is 20.3 Å². The Morgan fingerprint density at radius 2 is 1.85 bits per heavy atom. The van der Waals surface area contributed by atoms with Gasteiger partial charge in [0.05, 0.1) is 6.54 Å². The average Bonchev–Trinajstić information content (AvgIpc) is 3.21. The number of carbonyl (C=O) groups is 1. The Bertz CT molecular complexity index is 737. The van der Waals surface area contributed by atoms with Gasteiger partial charge >= 0.3 is 6.03 Å². The van der Waals surface area contributed by atoms with Crippen molar-refractivity contribution in [2.75, 3.05) is 36.5 Å². The van der Waals surface area contributed by atoms with Crippen LogP contribution in [0.5, 0.6) is 5.75 Å². The van der Waals surface area contributed by atoms with E-state index in [1.54, 1.807) is 0 Å². The first-order chi connectivity index (χ1) is 13.1. The van der Waals surface area contributed by atoms with Crippen molar-refractivity contribution in [3.05, 3.63) is 54.1 Å². The summed E-state index contributed by atoms with van der Waals surface area (Å²) in [5, 5.41) is 5.68. The molecule has 1 saturated heterocycles. The number of hydrogen-bond donors (Lipinski definition) is 2. The van der Waals surface area contributed by atoms with Gasteiger partial charge in [-0.05, 0) is 60.7 Å². The summed E-state index contributed by atoms with van der Waals surface area (Å²) < 4.78 is 5.72. The predicted octanol–water partition coefficient (Wildman–Crippen LogP) is 4.61. The molecule has 0 aromatic heterocycles. The van der Waals surface area contributed by atoms with Crippen molar-refractivity contribution >= 4 is 17.4 Å². The van der Waals surface area contributed by atoms with E-state index in [1.807, 2.05) is 30.3 Å². The van der Waals surface area contributed by atoms with Gasteiger partial charge in [0.25, 0.3) is 0 Å². The molecule has 0 unspecified atom stereocenters. The number of nitrogens with one attached hydrogen (secondary N) is 2. The fourth-order valence-corrected chi connectivity index (χ4v) is 3.20. The van der Waals surface area contributed by atoms with Gasteiger partial charge < -0.3 is 20.3 Å². The highest BCUT2D eigenvalue weighted by Crippen LogP contribution is 2.22. The minimum absolute atomic E-state index is 0.219. The molecule has 2 aromatic carbocycles. The maximum absolute atomic E-state index is 12.0. The van der Waals surface area contributed by atoms with Crippen LogP contribution >= 0.6 is 0 Å². The van der Waals surface area contributed by atoms with Crippen LogP contribution in [0.25, 0.3) is 0 Å². The number of amides is 2. The molecule has 1 aliphatic heterocycles. The first kappa shape index (κ1) is 19.1. The number of carbonyl (C=O) groups excluding carboxylic acids is 1. The molecule has 1 heterocycles. The van der Waals surface area contributed by atoms with Crippen LogP contribution in [0, 0.1) is 0 Å². The lowest BCUT2D eigenvalue weighted by atomic mass is 10.0. The monoisotopic (exact) mass is 367 g/mol. The van der Waals surface area contributed by atoms with E-state index in [4.69, 9.17) is 4.74 Å². The minimum Gasteiger partial charge on any atom is -0.492 e. The highest BCUT2D eigenvalue weighted by Gasteiger charge is 2.12. The normalized spacial score (nSPS) is 13.7. The molecule has 0 aliphatic carbocycles. The van der Waals surface area contributed by atoms with Crippen molar-refractivity contribution in [3.63, 3.8) is 0 Å². The van der Waals surface area contributed by atoms with Gasteiger partial charge in [0.15, 0.2) is 0 Å². The Kier molecular flexibility index (Phi) is 6.58. The van der Waals surface area contributed by atoms with E-state index >= 15 is 0 Å². The number of nitrogens with zero attached hydrogens (tertiary/aromatic N) is 1. The van der Waals surface area contributed by atoms with Gasteiger partial charge in [-0.15, -0.1) is 0 Å². The van der Waals surface area contributed by atoms with E-state index in [2.05, 4.69) is 47.6 Å². The summed E-state index contributed by atoms with van der Waals surface area (Å²) in [7, 11) is 0. The van der Waals surface area contributed by atoms with Gasteiger partial charge in [0, 0.05) is 24.5 Å². The van der Waals surface area contributed by atoms with Crippen LogP contribution in [0.3, 0.4) is 0 Å². The summed E-state index contributed by atoms with van der Waals surface area (Å²) in [6.45, 7) is 7.43. The Labute approximate surface area is 161 Å². The highest BCUT2D eigenvalue weighted by atomic mass is 16.5. The molecular weight excluding hydrogens is 338 g/mol. The minimum atomic E-state index is -0.219. The zero-order valence-corrected chi connectivity index (χ0v) is 16.2. The zero-order valence-electron chi connectivity index (χ0n) is 16.2. The van der Waals surface area contributed by atoms with E-state index in [9.17, 15) is 4.79 Å². The first-order valence-corrected chi connectivity index (χ1v) is 9.74. The van der Waals surface area contributed by atoms with Crippen LogP contribution in [0.4, 0.5) is 16.2 Å². The third kappa shape index (κ3) is 5.64. The summed E-state index contributed by atoms with van der Waals surface area (Å²) in [5.41, 5.74) is 3.26. The van der Waals surface area contributed by atoms with Crippen LogP contribution in [0.1, 0.15) is 38.2 Å². The zero-order chi connectivity index (χ0) is 19.1. The number of urea groups is 1. The fourth-order valence-electron chi connectivity index (χ4n) is 3.20. The van der Waals surface area contributed by atoms with Crippen LogP contribution in [0.2, 0.25) is 0 Å². The molecule has 27 heavy (non-hydrogen) atoms.